The molecule has 2 heterocycles. The summed E-state index contributed by atoms with van der Waals surface area (Å²) in [6.45, 7) is 2.75. The van der Waals surface area contributed by atoms with Crippen LogP contribution in [0.5, 0.6) is 0 Å². The molecule has 0 unspecified atom stereocenters. The number of hydrogen-bond donors (Lipinski definition) is 2. The molecule has 1 saturated heterocycles. The third-order valence-corrected chi connectivity index (χ3v) is 5.39. The topological polar surface area (TPSA) is 87.6 Å². The molecule has 1 aliphatic rings. The lowest BCUT2D eigenvalue weighted by atomic mass is 10.2. The summed E-state index contributed by atoms with van der Waals surface area (Å²) in [5, 5.41) is 7.53. The first-order valence-corrected chi connectivity index (χ1v) is 11.2. The fourth-order valence-electron chi connectivity index (χ4n) is 2.82. The maximum Gasteiger partial charge on any atom is 0.250 e. The molecule has 3 aromatic rings. The van der Waals surface area contributed by atoms with Gasteiger partial charge in [-0.25, -0.2) is 5.43 Å². The van der Waals surface area contributed by atoms with Crippen molar-refractivity contribution in [1.82, 2.24) is 15.0 Å². The average molecular weight is 580 g/mol. The fraction of sp³-hybridized carbons (Fsp3) is 0.200. The van der Waals surface area contributed by atoms with E-state index in [-0.39, 0.29) is 0 Å². The van der Waals surface area contributed by atoms with Gasteiger partial charge in [0.15, 0.2) is 0 Å². The van der Waals surface area contributed by atoms with Gasteiger partial charge in [-0.05, 0) is 58.5 Å². The van der Waals surface area contributed by atoms with Crippen molar-refractivity contribution >= 4 is 68.3 Å². The monoisotopic (exact) mass is 579 g/mol. The van der Waals surface area contributed by atoms with Crippen LogP contribution in [0.2, 0.25) is 0 Å². The van der Waals surface area contributed by atoms with E-state index in [1.807, 2.05) is 48.5 Å². The van der Waals surface area contributed by atoms with Gasteiger partial charge in [0, 0.05) is 26.8 Å². The normalized spacial score (nSPS) is 14.1. The molecule has 0 amide bonds. The Hall–Kier alpha value is -2.31. The van der Waals surface area contributed by atoms with Crippen molar-refractivity contribution < 1.29 is 4.74 Å². The Bertz CT molecular complexity index is 1040. The highest BCUT2D eigenvalue weighted by Crippen LogP contribution is 2.21. The lowest BCUT2D eigenvalue weighted by Gasteiger charge is -2.27. The molecule has 2 N–H and O–H groups in total. The SMILES string of the molecule is Brc1cccc(Nc2nc(NN=Cc3cccc(I)c3)nc(N3CCOCC3)n2)c1. The molecule has 10 heteroatoms. The van der Waals surface area contributed by atoms with Crippen LogP contribution in [0.4, 0.5) is 23.5 Å². The number of halogens is 2. The van der Waals surface area contributed by atoms with Crippen LogP contribution >= 0.6 is 38.5 Å². The summed E-state index contributed by atoms with van der Waals surface area (Å²) in [7, 11) is 0. The zero-order valence-electron chi connectivity index (χ0n) is 15.9. The van der Waals surface area contributed by atoms with E-state index in [0.29, 0.717) is 31.1 Å². The Kier molecular flexibility index (Phi) is 7.07. The Morgan fingerprint density at radius 1 is 1.03 bits per heavy atom. The van der Waals surface area contributed by atoms with Gasteiger partial charge in [0.25, 0.3) is 0 Å². The molecule has 30 heavy (non-hydrogen) atoms. The minimum atomic E-state index is 0.367. The Balaban J connectivity index is 1.57. The first kappa shape index (κ1) is 20.9. The first-order valence-electron chi connectivity index (χ1n) is 9.32. The first-order chi connectivity index (χ1) is 14.7. The molecule has 154 valence electrons. The standard InChI is InChI=1S/C20H19BrIN7O/c21-15-4-2-6-17(12-15)24-18-25-19(27-20(26-18)29-7-9-30-10-8-29)28-23-13-14-3-1-5-16(22)11-14/h1-6,11-13H,7-10H2,(H2,24,25,26,27,28). The molecule has 0 spiro atoms. The van der Waals surface area contributed by atoms with Crippen LogP contribution < -0.4 is 15.6 Å². The van der Waals surface area contributed by atoms with E-state index in [1.54, 1.807) is 6.21 Å². The van der Waals surface area contributed by atoms with Crippen LogP contribution in [0.1, 0.15) is 5.56 Å². The predicted octanol–water partition coefficient (Wildman–Crippen LogP) is 4.26. The molecule has 1 aliphatic heterocycles. The number of anilines is 4. The van der Waals surface area contributed by atoms with Crippen molar-refractivity contribution in [1.29, 1.82) is 0 Å². The van der Waals surface area contributed by atoms with E-state index in [1.165, 1.54) is 0 Å². The Labute approximate surface area is 196 Å². The maximum atomic E-state index is 5.44. The van der Waals surface area contributed by atoms with Crippen molar-refractivity contribution in [3.8, 4) is 0 Å². The third kappa shape index (κ3) is 5.86. The highest BCUT2D eigenvalue weighted by molar-refractivity contribution is 14.1. The summed E-state index contributed by atoms with van der Waals surface area (Å²) in [4.78, 5) is 15.7. The molecule has 4 rings (SSSR count). The molecule has 1 fully saturated rings. The molecule has 0 saturated carbocycles. The molecule has 0 atom stereocenters. The summed E-state index contributed by atoms with van der Waals surface area (Å²) in [5.74, 6) is 1.39. The molecule has 0 aliphatic carbocycles. The van der Waals surface area contributed by atoms with Crippen molar-refractivity contribution in [3.05, 3.63) is 62.1 Å². The summed E-state index contributed by atoms with van der Waals surface area (Å²) in [6.07, 6.45) is 1.74. The van der Waals surface area contributed by atoms with E-state index < -0.39 is 0 Å². The minimum Gasteiger partial charge on any atom is -0.378 e. The predicted molar refractivity (Wildman–Crippen MR) is 131 cm³/mol. The number of aromatic nitrogens is 3. The highest BCUT2D eigenvalue weighted by atomic mass is 127. The molecule has 8 nitrogen and oxygen atoms in total. The largest absolute Gasteiger partial charge is 0.378 e. The van der Waals surface area contributed by atoms with E-state index >= 15 is 0 Å². The van der Waals surface area contributed by atoms with Gasteiger partial charge in [-0.15, -0.1) is 0 Å². The zero-order valence-corrected chi connectivity index (χ0v) is 19.7. The summed E-state index contributed by atoms with van der Waals surface area (Å²) < 4.78 is 7.55. The van der Waals surface area contributed by atoms with Gasteiger partial charge in [-0.1, -0.05) is 34.1 Å². The molecule has 0 bridgehead atoms. The van der Waals surface area contributed by atoms with E-state index in [2.05, 4.69) is 74.2 Å². The average Bonchev–Trinajstić information content (AvgIpc) is 2.74. The van der Waals surface area contributed by atoms with Crippen molar-refractivity contribution in [2.24, 2.45) is 5.10 Å². The summed E-state index contributed by atoms with van der Waals surface area (Å²) >= 11 is 5.75. The molecular formula is C20H19BrIN7O. The van der Waals surface area contributed by atoms with Crippen LogP contribution in [0, 0.1) is 3.57 Å². The van der Waals surface area contributed by atoms with Gasteiger partial charge in [-0.2, -0.15) is 20.1 Å². The van der Waals surface area contributed by atoms with Gasteiger partial charge in [0.2, 0.25) is 17.8 Å². The minimum absolute atomic E-state index is 0.367. The Morgan fingerprint density at radius 2 is 1.83 bits per heavy atom. The second-order valence-corrected chi connectivity index (χ2v) is 8.60. The van der Waals surface area contributed by atoms with Crippen LogP contribution in [-0.2, 0) is 4.74 Å². The Morgan fingerprint density at radius 3 is 2.63 bits per heavy atom. The van der Waals surface area contributed by atoms with Crippen LogP contribution in [0.3, 0.4) is 0 Å². The molecule has 1 aromatic heterocycles. The van der Waals surface area contributed by atoms with Crippen molar-refractivity contribution in [2.75, 3.05) is 41.9 Å². The quantitative estimate of drug-likeness (QED) is 0.256. The number of rotatable bonds is 6. The fourth-order valence-corrected chi connectivity index (χ4v) is 3.79. The van der Waals surface area contributed by atoms with E-state index in [4.69, 9.17) is 4.74 Å². The third-order valence-electron chi connectivity index (χ3n) is 4.23. The van der Waals surface area contributed by atoms with E-state index in [0.717, 1.165) is 32.4 Å². The zero-order chi connectivity index (χ0) is 20.8. The number of nitrogens with one attached hydrogen (secondary N) is 2. The van der Waals surface area contributed by atoms with Gasteiger partial charge in [-0.3, -0.25) is 0 Å². The smallest absolute Gasteiger partial charge is 0.250 e. The second-order valence-electron chi connectivity index (χ2n) is 6.44. The number of ether oxygens (including phenoxy) is 1. The lowest BCUT2D eigenvalue weighted by Crippen LogP contribution is -2.37. The highest BCUT2D eigenvalue weighted by Gasteiger charge is 2.16. The van der Waals surface area contributed by atoms with Gasteiger partial charge < -0.3 is 15.0 Å². The van der Waals surface area contributed by atoms with Gasteiger partial charge in [0.05, 0.1) is 19.4 Å². The van der Waals surface area contributed by atoms with Crippen molar-refractivity contribution in [2.45, 2.75) is 0 Å². The lowest BCUT2D eigenvalue weighted by molar-refractivity contribution is 0.122. The molecular weight excluding hydrogens is 561 g/mol. The van der Waals surface area contributed by atoms with Gasteiger partial charge in [0.1, 0.15) is 0 Å². The number of morpholine rings is 1. The van der Waals surface area contributed by atoms with Gasteiger partial charge >= 0.3 is 0 Å². The summed E-state index contributed by atoms with van der Waals surface area (Å²) in [5.41, 5.74) is 4.79. The number of nitrogens with zero attached hydrogens (tertiary/aromatic N) is 5. The van der Waals surface area contributed by atoms with Crippen molar-refractivity contribution in [3.63, 3.8) is 0 Å². The summed E-state index contributed by atoms with van der Waals surface area (Å²) in [6, 6.07) is 15.9. The molecule has 0 radical (unpaired) electrons. The number of hydrazone groups is 1. The van der Waals surface area contributed by atoms with Crippen LogP contribution in [0.15, 0.2) is 58.1 Å². The number of hydrogen-bond acceptors (Lipinski definition) is 8. The van der Waals surface area contributed by atoms with Crippen LogP contribution in [0.25, 0.3) is 0 Å². The second kappa shape index (κ2) is 10.1. The maximum absolute atomic E-state index is 5.44. The van der Waals surface area contributed by atoms with E-state index in [9.17, 15) is 0 Å². The van der Waals surface area contributed by atoms with Crippen LogP contribution in [-0.4, -0.2) is 47.5 Å². The number of benzene rings is 2. The molecule has 2 aromatic carbocycles.